The summed E-state index contributed by atoms with van der Waals surface area (Å²) >= 11 is 0. The number of nitrogens with zero attached hydrogens (tertiary/aromatic N) is 2. The monoisotopic (exact) mass is 207 g/mol. The molecule has 2 N–H and O–H groups in total. The third kappa shape index (κ3) is 2.67. The Labute approximate surface area is 90.0 Å². The number of hydrogen-bond acceptors (Lipinski definition) is 4. The van der Waals surface area contributed by atoms with Gasteiger partial charge in [0.2, 0.25) is 0 Å². The van der Waals surface area contributed by atoms with Crippen LogP contribution < -0.4 is 5.73 Å². The molecule has 1 fully saturated rings. The number of pyridine rings is 1. The second-order valence-electron chi connectivity index (χ2n) is 4.01. The van der Waals surface area contributed by atoms with Crippen LogP contribution in [0.3, 0.4) is 0 Å². The number of anilines is 1. The van der Waals surface area contributed by atoms with E-state index in [9.17, 15) is 0 Å². The van der Waals surface area contributed by atoms with Crippen molar-refractivity contribution in [2.24, 2.45) is 0 Å². The summed E-state index contributed by atoms with van der Waals surface area (Å²) in [6.45, 7) is 2.54. The first-order valence-electron chi connectivity index (χ1n) is 5.24. The first kappa shape index (κ1) is 10.4. The van der Waals surface area contributed by atoms with Gasteiger partial charge in [-0.3, -0.25) is 9.88 Å². The summed E-state index contributed by atoms with van der Waals surface area (Å²) in [5.41, 5.74) is 7.50. The third-order valence-corrected chi connectivity index (χ3v) is 2.78. The Balaban J connectivity index is 1.95. The van der Waals surface area contributed by atoms with Gasteiger partial charge in [-0.1, -0.05) is 0 Å². The molecule has 0 amide bonds. The molecule has 0 spiro atoms. The molecule has 2 rings (SSSR count). The maximum Gasteiger partial charge on any atom is 0.0622 e. The molecule has 4 heteroatoms. The SMILES string of the molecule is CN(Cc1cc(N)ccn1)C1CCOC1. The fraction of sp³-hybridized carbons (Fsp3) is 0.545. The van der Waals surface area contributed by atoms with Gasteiger partial charge in [-0.2, -0.15) is 0 Å². The summed E-state index contributed by atoms with van der Waals surface area (Å²) in [4.78, 5) is 6.56. The highest BCUT2D eigenvalue weighted by Crippen LogP contribution is 2.13. The van der Waals surface area contributed by atoms with Crippen LogP contribution in [-0.2, 0) is 11.3 Å². The Kier molecular flexibility index (Phi) is 3.18. The van der Waals surface area contributed by atoms with Crippen LogP contribution in [0.2, 0.25) is 0 Å². The minimum Gasteiger partial charge on any atom is -0.399 e. The van der Waals surface area contributed by atoms with Crippen molar-refractivity contribution >= 4 is 5.69 Å². The predicted molar refractivity (Wildman–Crippen MR) is 59.3 cm³/mol. The Morgan fingerprint density at radius 3 is 3.20 bits per heavy atom. The Morgan fingerprint density at radius 1 is 1.67 bits per heavy atom. The zero-order valence-electron chi connectivity index (χ0n) is 9.02. The summed E-state index contributed by atoms with van der Waals surface area (Å²) < 4.78 is 5.35. The van der Waals surface area contributed by atoms with Crippen molar-refractivity contribution in [1.82, 2.24) is 9.88 Å². The van der Waals surface area contributed by atoms with E-state index >= 15 is 0 Å². The van der Waals surface area contributed by atoms with Gasteiger partial charge >= 0.3 is 0 Å². The molecule has 0 saturated carbocycles. The second-order valence-corrected chi connectivity index (χ2v) is 4.01. The maximum atomic E-state index is 5.70. The number of rotatable bonds is 3. The second kappa shape index (κ2) is 4.59. The first-order valence-corrected chi connectivity index (χ1v) is 5.24. The van der Waals surface area contributed by atoms with E-state index < -0.39 is 0 Å². The molecule has 1 aromatic heterocycles. The van der Waals surface area contributed by atoms with Crippen molar-refractivity contribution in [2.75, 3.05) is 26.0 Å². The zero-order chi connectivity index (χ0) is 10.7. The maximum absolute atomic E-state index is 5.70. The van der Waals surface area contributed by atoms with Crippen LogP contribution in [0.1, 0.15) is 12.1 Å². The smallest absolute Gasteiger partial charge is 0.0622 e. The molecule has 2 heterocycles. The summed E-state index contributed by atoms with van der Waals surface area (Å²) in [6, 6.07) is 4.25. The van der Waals surface area contributed by atoms with E-state index in [1.165, 1.54) is 0 Å². The molecular formula is C11H17N3O. The highest BCUT2D eigenvalue weighted by molar-refractivity contribution is 5.37. The Bertz CT molecular complexity index is 323. The van der Waals surface area contributed by atoms with E-state index in [2.05, 4.69) is 16.9 Å². The Hall–Kier alpha value is -1.13. The number of likely N-dealkylation sites (N-methyl/N-ethyl adjacent to an activating group) is 1. The quantitative estimate of drug-likeness (QED) is 0.799. The standard InChI is InChI=1S/C11H17N3O/c1-14(11-3-5-15-8-11)7-10-6-9(12)2-4-13-10/h2,4,6,11H,3,5,7-8H2,1H3,(H2,12,13). The molecule has 0 aromatic carbocycles. The minimum atomic E-state index is 0.522. The molecule has 1 aliphatic heterocycles. The lowest BCUT2D eigenvalue weighted by atomic mass is 10.2. The molecule has 0 aliphatic carbocycles. The molecule has 0 radical (unpaired) electrons. The molecule has 1 aliphatic rings. The average molecular weight is 207 g/mol. The van der Waals surface area contributed by atoms with Crippen LogP contribution in [0.5, 0.6) is 0 Å². The van der Waals surface area contributed by atoms with Gasteiger partial charge in [0.15, 0.2) is 0 Å². The van der Waals surface area contributed by atoms with Crippen LogP contribution >= 0.6 is 0 Å². The molecule has 4 nitrogen and oxygen atoms in total. The highest BCUT2D eigenvalue weighted by atomic mass is 16.5. The molecule has 1 saturated heterocycles. The number of nitrogen functional groups attached to an aromatic ring is 1. The van der Waals surface area contributed by atoms with Gasteiger partial charge in [0.05, 0.1) is 12.3 Å². The molecule has 82 valence electrons. The van der Waals surface area contributed by atoms with Gasteiger partial charge in [-0.25, -0.2) is 0 Å². The largest absolute Gasteiger partial charge is 0.399 e. The van der Waals surface area contributed by atoms with Crippen molar-refractivity contribution in [1.29, 1.82) is 0 Å². The summed E-state index contributed by atoms with van der Waals surface area (Å²) in [5.74, 6) is 0. The molecule has 15 heavy (non-hydrogen) atoms. The van der Waals surface area contributed by atoms with Crippen LogP contribution in [0.15, 0.2) is 18.3 Å². The van der Waals surface area contributed by atoms with E-state index in [0.717, 1.165) is 37.6 Å². The number of nitrogens with two attached hydrogens (primary N) is 1. The molecule has 1 unspecified atom stereocenters. The summed E-state index contributed by atoms with van der Waals surface area (Å²) in [5, 5.41) is 0. The van der Waals surface area contributed by atoms with Gasteiger partial charge in [-0.15, -0.1) is 0 Å². The topological polar surface area (TPSA) is 51.4 Å². The third-order valence-electron chi connectivity index (χ3n) is 2.78. The average Bonchev–Trinajstić information content (AvgIpc) is 2.70. The normalized spacial score (nSPS) is 21.1. The lowest BCUT2D eigenvalue weighted by molar-refractivity contribution is 0.156. The molecular weight excluding hydrogens is 190 g/mol. The van der Waals surface area contributed by atoms with Gasteiger partial charge in [-0.05, 0) is 25.6 Å². The lowest BCUT2D eigenvalue weighted by Gasteiger charge is -2.22. The number of aromatic nitrogens is 1. The number of hydrogen-bond donors (Lipinski definition) is 1. The van der Waals surface area contributed by atoms with Crippen molar-refractivity contribution < 1.29 is 4.74 Å². The molecule has 1 aromatic rings. The van der Waals surface area contributed by atoms with E-state index in [1.54, 1.807) is 6.20 Å². The fourth-order valence-corrected chi connectivity index (χ4v) is 1.84. The molecule has 1 atom stereocenters. The minimum absolute atomic E-state index is 0.522. The number of ether oxygens (including phenoxy) is 1. The van der Waals surface area contributed by atoms with Gasteiger partial charge in [0.25, 0.3) is 0 Å². The van der Waals surface area contributed by atoms with Gasteiger partial charge in [0.1, 0.15) is 0 Å². The Morgan fingerprint density at radius 2 is 2.53 bits per heavy atom. The first-order chi connectivity index (χ1) is 7.25. The van der Waals surface area contributed by atoms with Crippen molar-refractivity contribution in [3.8, 4) is 0 Å². The van der Waals surface area contributed by atoms with E-state index in [1.807, 2.05) is 12.1 Å². The fourth-order valence-electron chi connectivity index (χ4n) is 1.84. The lowest BCUT2D eigenvalue weighted by Crippen LogP contribution is -2.31. The predicted octanol–water partition coefficient (Wildman–Crippen LogP) is 0.885. The highest BCUT2D eigenvalue weighted by Gasteiger charge is 2.20. The van der Waals surface area contributed by atoms with E-state index in [0.29, 0.717) is 6.04 Å². The van der Waals surface area contributed by atoms with E-state index in [4.69, 9.17) is 10.5 Å². The molecule has 0 bridgehead atoms. The van der Waals surface area contributed by atoms with Crippen LogP contribution in [0.4, 0.5) is 5.69 Å². The van der Waals surface area contributed by atoms with Crippen molar-refractivity contribution in [3.05, 3.63) is 24.0 Å². The van der Waals surface area contributed by atoms with Gasteiger partial charge < -0.3 is 10.5 Å². The zero-order valence-corrected chi connectivity index (χ0v) is 9.02. The van der Waals surface area contributed by atoms with Gasteiger partial charge in [0, 0.05) is 31.1 Å². The van der Waals surface area contributed by atoms with Crippen molar-refractivity contribution in [2.45, 2.75) is 19.0 Å². The van der Waals surface area contributed by atoms with Crippen LogP contribution in [0, 0.1) is 0 Å². The van der Waals surface area contributed by atoms with Crippen molar-refractivity contribution in [3.63, 3.8) is 0 Å². The summed E-state index contributed by atoms with van der Waals surface area (Å²) in [6.07, 6.45) is 2.86. The van der Waals surface area contributed by atoms with Crippen LogP contribution in [-0.4, -0.2) is 36.2 Å². The van der Waals surface area contributed by atoms with Crippen LogP contribution in [0.25, 0.3) is 0 Å². The summed E-state index contributed by atoms with van der Waals surface area (Å²) in [7, 11) is 2.10. The van der Waals surface area contributed by atoms with E-state index in [-0.39, 0.29) is 0 Å².